The summed E-state index contributed by atoms with van der Waals surface area (Å²) in [5, 5.41) is 10.8. The Balaban J connectivity index is 3.15. The average Bonchev–Trinajstić information content (AvgIpc) is 2.30. The third kappa shape index (κ3) is 3.43. The first-order valence-electron chi connectivity index (χ1n) is 5.05. The van der Waals surface area contributed by atoms with Crippen molar-refractivity contribution in [1.82, 2.24) is 4.98 Å². The lowest BCUT2D eigenvalue weighted by Crippen LogP contribution is -2.02. The quantitative estimate of drug-likeness (QED) is 0.659. The van der Waals surface area contributed by atoms with E-state index in [0.29, 0.717) is 16.2 Å². The van der Waals surface area contributed by atoms with Crippen LogP contribution in [0.1, 0.15) is 18.6 Å². The van der Waals surface area contributed by atoms with Crippen LogP contribution < -0.4 is 0 Å². The Bertz CT molecular complexity index is 446. The molecule has 1 heterocycles. The second kappa shape index (κ2) is 6.60. The molecular formula is C13H13Cl2NO. The topological polar surface area (TPSA) is 33.1 Å². The van der Waals surface area contributed by atoms with E-state index in [-0.39, 0.29) is 5.15 Å². The summed E-state index contributed by atoms with van der Waals surface area (Å²) >= 11 is 11.9. The van der Waals surface area contributed by atoms with E-state index >= 15 is 0 Å². The molecule has 0 saturated carbocycles. The molecule has 1 N–H and O–H groups in total. The second-order valence-corrected chi connectivity index (χ2v) is 4.05. The van der Waals surface area contributed by atoms with E-state index in [0.717, 1.165) is 0 Å². The van der Waals surface area contributed by atoms with E-state index in [2.05, 4.69) is 11.6 Å². The summed E-state index contributed by atoms with van der Waals surface area (Å²) in [6.07, 6.45) is 7.49. The van der Waals surface area contributed by atoms with E-state index in [4.69, 9.17) is 23.2 Å². The zero-order chi connectivity index (χ0) is 12.8. The molecule has 1 aromatic rings. The van der Waals surface area contributed by atoms with Gasteiger partial charge in [0, 0.05) is 11.8 Å². The van der Waals surface area contributed by atoms with Crippen LogP contribution in [0.4, 0.5) is 0 Å². The van der Waals surface area contributed by atoms with Gasteiger partial charge in [0.2, 0.25) is 0 Å². The zero-order valence-corrected chi connectivity index (χ0v) is 10.9. The largest absolute Gasteiger partial charge is 0.383 e. The molecule has 0 spiro atoms. The van der Waals surface area contributed by atoms with Crippen LogP contribution in [0.25, 0.3) is 0 Å². The first kappa shape index (κ1) is 14.0. The van der Waals surface area contributed by atoms with Gasteiger partial charge in [-0.15, -0.1) is 0 Å². The third-order valence-electron chi connectivity index (χ3n) is 2.24. The van der Waals surface area contributed by atoms with Crippen molar-refractivity contribution in [2.45, 2.75) is 13.0 Å². The van der Waals surface area contributed by atoms with Gasteiger partial charge in [-0.3, -0.25) is 0 Å². The third-order valence-corrected chi connectivity index (χ3v) is 2.87. The Labute approximate surface area is 111 Å². The molecule has 0 aliphatic carbocycles. The number of aliphatic hydroxyl groups is 1. The van der Waals surface area contributed by atoms with Crippen molar-refractivity contribution in [3.63, 3.8) is 0 Å². The maximum atomic E-state index is 10.2. The van der Waals surface area contributed by atoms with Crippen LogP contribution in [0.2, 0.25) is 10.2 Å². The predicted octanol–water partition coefficient (Wildman–Crippen LogP) is 4.11. The van der Waals surface area contributed by atoms with Gasteiger partial charge in [-0.1, -0.05) is 54.1 Å². The molecule has 0 bridgehead atoms. The van der Waals surface area contributed by atoms with Crippen LogP contribution in [0.3, 0.4) is 0 Å². The molecule has 0 fully saturated rings. The molecule has 0 aromatic carbocycles. The van der Waals surface area contributed by atoms with E-state index in [1.54, 1.807) is 30.4 Å². The average molecular weight is 270 g/mol. The number of aliphatic hydroxyl groups excluding tert-OH is 1. The van der Waals surface area contributed by atoms with Crippen LogP contribution in [-0.2, 0) is 0 Å². The van der Waals surface area contributed by atoms with E-state index in [1.165, 1.54) is 6.20 Å². The van der Waals surface area contributed by atoms with Crippen LogP contribution in [0.15, 0.2) is 48.7 Å². The van der Waals surface area contributed by atoms with Crippen LogP contribution in [-0.4, -0.2) is 10.1 Å². The summed E-state index contributed by atoms with van der Waals surface area (Å²) in [7, 11) is 0. The van der Waals surface area contributed by atoms with Crippen LogP contribution in [0, 0.1) is 0 Å². The molecule has 2 nitrogen and oxygen atoms in total. The number of pyridine rings is 1. The molecule has 0 aliphatic rings. The minimum atomic E-state index is -0.898. The van der Waals surface area contributed by atoms with Gasteiger partial charge in [-0.05, 0) is 18.6 Å². The Hall–Kier alpha value is -1.09. The van der Waals surface area contributed by atoms with Crippen LogP contribution in [0.5, 0.6) is 0 Å². The van der Waals surface area contributed by atoms with E-state index in [1.807, 2.05) is 6.92 Å². The van der Waals surface area contributed by atoms with E-state index in [9.17, 15) is 5.11 Å². The first-order chi connectivity index (χ1) is 8.11. The smallest absolute Gasteiger partial charge is 0.136 e. The van der Waals surface area contributed by atoms with Crippen molar-refractivity contribution >= 4 is 23.2 Å². The van der Waals surface area contributed by atoms with Crippen molar-refractivity contribution < 1.29 is 5.11 Å². The van der Waals surface area contributed by atoms with Gasteiger partial charge in [-0.2, -0.15) is 0 Å². The van der Waals surface area contributed by atoms with Gasteiger partial charge in [0.25, 0.3) is 0 Å². The Morgan fingerprint density at radius 3 is 2.76 bits per heavy atom. The highest BCUT2D eigenvalue weighted by atomic mass is 35.5. The van der Waals surface area contributed by atoms with Gasteiger partial charge in [-0.25, -0.2) is 4.98 Å². The molecule has 0 radical (unpaired) electrons. The number of nitrogens with zero attached hydrogens (tertiary/aromatic N) is 1. The van der Waals surface area contributed by atoms with Crippen LogP contribution >= 0.6 is 23.2 Å². The fraction of sp³-hybridized carbons (Fsp3) is 0.154. The van der Waals surface area contributed by atoms with Crippen molar-refractivity contribution in [3.05, 3.63) is 64.5 Å². The summed E-state index contributed by atoms with van der Waals surface area (Å²) in [6, 6.07) is 1.59. The lowest BCUT2D eigenvalue weighted by Gasteiger charge is -2.14. The van der Waals surface area contributed by atoms with Gasteiger partial charge in [0.1, 0.15) is 11.3 Å². The Morgan fingerprint density at radius 2 is 2.24 bits per heavy atom. The van der Waals surface area contributed by atoms with Gasteiger partial charge in [0.05, 0.1) is 5.02 Å². The van der Waals surface area contributed by atoms with Gasteiger partial charge >= 0.3 is 0 Å². The molecular weight excluding hydrogens is 257 g/mol. The van der Waals surface area contributed by atoms with Gasteiger partial charge in [0.15, 0.2) is 0 Å². The summed E-state index contributed by atoms with van der Waals surface area (Å²) in [5.41, 5.74) is 1.10. The lowest BCUT2D eigenvalue weighted by molar-refractivity contribution is 0.219. The van der Waals surface area contributed by atoms with E-state index < -0.39 is 6.10 Å². The number of rotatable bonds is 4. The normalized spacial score (nSPS) is 14.0. The Kier molecular flexibility index (Phi) is 5.42. The van der Waals surface area contributed by atoms with Crippen molar-refractivity contribution in [1.29, 1.82) is 0 Å². The SMILES string of the molecule is C=C/C=C\C(=C/C)C(O)c1c(Cl)ccnc1Cl. The number of halogens is 2. The molecule has 90 valence electrons. The monoisotopic (exact) mass is 269 g/mol. The Morgan fingerprint density at radius 1 is 1.53 bits per heavy atom. The van der Waals surface area contributed by atoms with Crippen molar-refractivity contribution in [3.8, 4) is 0 Å². The summed E-state index contributed by atoms with van der Waals surface area (Å²) < 4.78 is 0. The highest BCUT2D eigenvalue weighted by Gasteiger charge is 2.18. The predicted molar refractivity (Wildman–Crippen MR) is 72.3 cm³/mol. The fourth-order valence-corrected chi connectivity index (χ4v) is 1.92. The first-order valence-corrected chi connectivity index (χ1v) is 5.80. The number of hydrogen-bond acceptors (Lipinski definition) is 2. The molecule has 1 unspecified atom stereocenters. The molecule has 0 saturated heterocycles. The second-order valence-electron chi connectivity index (χ2n) is 3.28. The summed E-state index contributed by atoms with van der Waals surface area (Å²) in [5.74, 6) is 0. The molecule has 4 heteroatoms. The minimum absolute atomic E-state index is 0.205. The number of hydrogen-bond donors (Lipinski definition) is 1. The molecule has 1 rings (SSSR count). The molecule has 0 aliphatic heterocycles. The highest BCUT2D eigenvalue weighted by Crippen LogP contribution is 2.33. The van der Waals surface area contributed by atoms with Crippen molar-refractivity contribution in [2.24, 2.45) is 0 Å². The summed E-state index contributed by atoms with van der Waals surface area (Å²) in [6.45, 7) is 5.40. The van der Waals surface area contributed by atoms with Gasteiger partial charge < -0.3 is 5.11 Å². The molecule has 17 heavy (non-hydrogen) atoms. The fourth-order valence-electron chi connectivity index (χ4n) is 1.36. The molecule has 1 atom stereocenters. The summed E-state index contributed by atoms with van der Waals surface area (Å²) in [4.78, 5) is 3.91. The maximum Gasteiger partial charge on any atom is 0.136 e. The van der Waals surface area contributed by atoms with Crippen molar-refractivity contribution in [2.75, 3.05) is 0 Å². The maximum absolute atomic E-state index is 10.2. The highest BCUT2D eigenvalue weighted by molar-refractivity contribution is 6.35. The number of aromatic nitrogens is 1. The molecule has 1 aromatic heterocycles. The lowest BCUT2D eigenvalue weighted by atomic mass is 10.0. The minimum Gasteiger partial charge on any atom is -0.383 e. The molecule has 0 amide bonds. The number of allylic oxidation sites excluding steroid dienone is 3. The standard InChI is InChI=1S/C13H13Cl2NO/c1-3-5-6-9(4-2)12(17)11-10(14)7-8-16-13(11)15/h3-8,12,17H,1H2,2H3/b6-5-,9-4+. The zero-order valence-electron chi connectivity index (χ0n) is 9.40.